The molecule has 0 radical (unpaired) electrons. The second-order valence-electron chi connectivity index (χ2n) is 9.08. The van der Waals surface area contributed by atoms with Crippen LogP contribution in [0.1, 0.15) is 32.1 Å². The van der Waals surface area contributed by atoms with Gasteiger partial charge in [-0.1, -0.05) is 0 Å². The summed E-state index contributed by atoms with van der Waals surface area (Å²) in [5.41, 5.74) is 24.9. The maximum Gasteiger partial charge on any atom is 0.232 e. The van der Waals surface area contributed by atoms with Gasteiger partial charge in [-0.05, 0) is 32.1 Å². The molecule has 9 N–H and O–H groups in total. The Morgan fingerprint density at radius 3 is 1.67 bits per heavy atom. The van der Waals surface area contributed by atoms with Crippen molar-refractivity contribution in [3.05, 3.63) is 0 Å². The van der Waals surface area contributed by atoms with E-state index in [0.29, 0.717) is 44.0 Å². The summed E-state index contributed by atoms with van der Waals surface area (Å²) in [5, 5.41) is 9.90. The van der Waals surface area contributed by atoms with Crippen LogP contribution < -0.4 is 37.6 Å². The molecule has 0 saturated carbocycles. The standard InChI is InChI=1S/C19H36N10O/c20-12-5-13(21)8-27(7-12)17-24-18(28-9-14(22)6-15(23)10-28)26-19(25-17)29-4-2-1-3-16(29)11-30/h12-16,30H,1-11,20-23H2. The zero-order valence-corrected chi connectivity index (χ0v) is 17.6. The number of aliphatic hydroxyl groups excluding tert-OH is 1. The maximum atomic E-state index is 9.90. The molecule has 0 spiro atoms. The van der Waals surface area contributed by atoms with Crippen LogP contribution in [0.3, 0.4) is 0 Å². The summed E-state index contributed by atoms with van der Waals surface area (Å²) in [6, 6.07) is -0.0636. The molecule has 0 amide bonds. The summed E-state index contributed by atoms with van der Waals surface area (Å²) in [4.78, 5) is 20.6. The number of nitrogens with zero attached hydrogens (tertiary/aromatic N) is 6. The fourth-order valence-corrected chi connectivity index (χ4v) is 4.89. The lowest BCUT2D eigenvalue weighted by Gasteiger charge is -2.39. The fourth-order valence-electron chi connectivity index (χ4n) is 4.89. The van der Waals surface area contributed by atoms with Crippen molar-refractivity contribution < 1.29 is 5.11 Å². The van der Waals surface area contributed by atoms with Crippen molar-refractivity contribution in [3.8, 4) is 0 Å². The first kappa shape index (κ1) is 21.4. The van der Waals surface area contributed by atoms with Gasteiger partial charge in [0.05, 0.1) is 12.6 Å². The fraction of sp³-hybridized carbons (Fsp3) is 0.842. The molecule has 4 heterocycles. The molecule has 1 aromatic rings. The third-order valence-electron chi connectivity index (χ3n) is 6.29. The molecule has 11 heteroatoms. The summed E-state index contributed by atoms with van der Waals surface area (Å²) in [5.74, 6) is 1.75. The summed E-state index contributed by atoms with van der Waals surface area (Å²) in [7, 11) is 0. The Labute approximate surface area is 177 Å². The summed E-state index contributed by atoms with van der Waals surface area (Å²) >= 11 is 0. The van der Waals surface area contributed by atoms with Crippen molar-refractivity contribution >= 4 is 17.8 Å². The minimum absolute atomic E-state index is 0.0126. The average Bonchev–Trinajstić information content (AvgIpc) is 2.72. The van der Waals surface area contributed by atoms with E-state index in [1.807, 2.05) is 0 Å². The van der Waals surface area contributed by atoms with Gasteiger partial charge < -0.3 is 42.7 Å². The van der Waals surface area contributed by atoms with E-state index in [1.165, 1.54) is 0 Å². The molecule has 11 nitrogen and oxygen atoms in total. The first-order valence-electron chi connectivity index (χ1n) is 11.1. The van der Waals surface area contributed by atoms with E-state index in [9.17, 15) is 5.11 Å². The lowest BCUT2D eigenvalue weighted by Crippen LogP contribution is -2.54. The Bertz CT molecular complexity index is 656. The van der Waals surface area contributed by atoms with Gasteiger partial charge in [-0.2, -0.15) is 15.0 Å². The number of aliphatic hydroxyl groups is 1. The first-order valence-corrected chi connectivity index (χ1v) is 11.1. The summed E-state index contributed by atoms with van der Waals surface area (Å²) in [6.45, 7) is 3.50. The maximum absolute atomic E-state index is 9.90. The van der Waals surface area contributed by atoms with Crippen molar-refractivity contribution in [2.45, 2.75) is 62.3 Å². The van der Waals surface area contributed by atoms with Crippen LogP contribution in [0.15, 0.2) is 0 Å². The molecule has 1 aromatic heterocycles. The molecular formula is C19H36N10O. The lowest BCUT2D eigenvalue weighted by atomic mass is 10.0. The number of rotatable bonds is 4. The Hall–Kier alpha value is -1.79. The molecular weight excluding hydrogens is 384 g/mol. The smallest absolute Gasteiger partial charge is 0.232 e. The molecule has 3 aliphatic rings. The minimum atomic E-state index is -0.0191. The number of piperidine rings is 3. The number of hydrogen-bond acceptors (Lipinski definition) is 11. The van der Waals surface area contributed by atoms with Crippen molar-refractivity contribution in [3.63, 3.8) is 0 Å². The monoisotopic (exact) mass is 420 g/mol. The molecule has 3 fully saturated rings. The number of anilines is 3. The molecule has 0 aromatic carbocycles. The third kappa shape index (κ3) is 4.75. The van der Waals surface area contributed by atoms with Crippen LogP contribution in [-0.2, 0) is 0 Å². The molecule has 0 aliphatic carbocycles. The highest BCUT2D eigenvalue weighted by atomic mass is 16.3. The number of nitrogens with two attached hydrogens (primary N) is 4. The highest BCUT2D eigenvalue weighted by Gasteiger charge is 2.31. The predicted molar refractivity (Wildman–Crippen MR) is 117 cm³/mol. The molecule has 5 unspecified atom stereocenters. The van der Waals surface area contributed by atoms with E-state index in [2.05, 4.69) is 14.7 Å². The van der Waals surface area contributed by atoms with E-state index in [1.54, 1.807) is 0 Å². The molecule has 3 aliphatic heterocycles. The van der Waals surface area contributed by atoms with Gasteiger partial charge in [0.1, 0.15) is 0 Å². The second-order valence-corrected chi connectivity index (χ2v) is 9.08. The van der Waals surface area contributed by atoms with Crippen molar-refractivity contribution in [2.24, 2.45) is 22.9 Å². The Balaban J connectivity index is 1.70. The Morgan fingerprint density at radius 1 is 0.733 bits per heavy atom. The molecule has 168 valence electrons. The van der Waals surface area contributed by atoms with Crippen molar-refractivity contribution in [1.29, 1.82) is 0 Å². The van der Waals surface area contributed by atoms with Crippen LogP contribution in [0.5, 0.6) is 0 Å². The van der Waals surface area contributed by atoms with Gasteiger partial charge in [-0.15, -0.1) is 0 Å². The molecule has 3 saturated heterocycles. The van der Waals surface area contributed by atoms with Crippen LogP contribution >= 0.6 is 0 Å². The highest BCUT2D eigenvalue weighted by molar-refractivity contribution is 5.48. The van der Waals surface area contributed by atoms with Gasteiger partial charge in [0.15, 0.2) is 0 Å². The van der Waals surface area contributed by atoms with Gasteiger partial charge >= 0.3 is 0 Å². The SMILES string of the molecule is NC1CC(N)CN(c2nc(N3CC(N)CC(N)C3)nc(N3CCCCC3CO)n2)C1. The average molecular weight is 421 g/mol. The summed E-state index contributed by atoms with van der Waals surface area (Å²) < 4.78 is 0. The summed E-state index contributed by atoms with van der Waals surface area (Å²) in [6.07, 6.45) is 4.64. The number of hydrogen-bond donors (Lipinski definition) is 5. The quantitative estimate of drug-likeness (QED) is 0.363. The van der Waals surface area contributed by atoms with Gasteiger partial charge in [0.2, 0.25) is 17.8 Å². The van der Waals surface area contributed by atoms with Gasteiger partial charge in [-0.3, -0.25) is 0 Å². The Morgan fingerprint density at radius 2 is 1.20 bits per heavy atom. The van der Waals surface area contributed by atoms with E-state index in [4.69, 9.17) is 37.9 Å². The van der Waals surface area contributed by atoms with E-state index in [0.717, 1.165) is 38.6 Å². The molecule has 5 atom stereocenters. The van der Waals surface area contributed by atoms with Crippen LogP contribution in [0.4, 0.5) is 17.8 Å². The second kappa shape index (κ2) is 9.15. The Kier molecular flexibility index (Phi) is 6.54. The largest absolute Gasteiger partial charge is 0.394 e. The third-order valence-corrected chi connectivity index (χ3v) is 6.29. The molecule has 4 rings (SSSR count). The van der Waals surface area contributed by atoms with Crippen LogP contribution in [0.25, 0.3) is 0 Å². The lowest BCUT2D eigenvalue weighted by molar-refractivity contribution is 0.238. The molecule has 0 bridgehead atoms. The highest BCUT2D eigenvalue weighted by Crippen LogP contribution is 2.27. The van der Waals surface area contributed by atoms with E-state index < -0.39 is 0 Å². The minimum Gasteiger partial charge on any atom is -0.394 e. The van der Waals surface area contributed by atoms with Gasteiger partial charge in [0, 0.05) is 56.9 Å². The van der Waals surface area contributed by atoms with E-state index >= 15 is 0 Å². The van der Waals surface area contributed by atoms with Gasteiger partial charge in [-0.25, -0.2) is 0 Å². The zero-order chi connectivity index (χ0) is 21.3. The van der Waals surface area contributed by atoms with Crippen LogP contribution in [0.2, 0.25) is 0 Å². The van der Waals surface area contributed by atoms with E-state index in [-0.39, 0.29) is 36.8 Å². The van der Waals surface area contributed by atoms with Crippen molar-refractivity contribution in [1.82, 2.24) is 15.0 Å². The number of aromatic nitrogens is 3. The normalized spacial score (nSPS) is 33.1. The van der Waals surface area contributed by atoms with Crippen LogP contribution in [-0.4, -0.2) is 89.6 Å². The van der Waals surface area contributed by atoms with Gasteiger partial charge in [0.25, 0.3) is 0 Å². The molecule has 30 heavy (non-hydrogen) atoms. The zero-order valence-electron chi connectivity index (χ0n) is 17.6. The first-order chi connectivity index (χ1) is 14.4. The topological polar surface area (TPSA) is 173 Å². The van der Waals surface area contributed by atoms with Crippen LogP contribution in [0, 0.1) is 0 Å². The predicted octanol–water partition coefficient (Wildman–Crippen LogP) is -2.05. The van der Waals surface area contributed by atoms with Crippen molar-refractivity contribution in [2.75, 3.05) is 54.0 Å².